The number of amides is 1. The van der Waals surface area contributed by atoms with Gasteiger partial charge in [0.15, 0.2) is 11.6 Å². The number of aliphatic hydroxyl groups is 1. The molecule has 2 aromatic carbocycles. The maximum Gasteiger partial charge on any atom is 0.257 e. The number of para-hydroxylation sites is 1. The third kappa shape index (κ3) is 5.67. The van der Waals surface area contributed by atoms with Gasteiger partial charge in [-0.25, -0.2) is 8.78 Å². The molecule has 1 saturated heterocycles. The fraction of sp³-hybridized carbons (Fsp3) is 0.409. The summed E-state index contributed by atoms with van der Waals surface area (Å²) >= 11 is 0. The molecule has 2 aromatic rings. The van der Waals surface area contributed by atoms with Crippen LogP contribution in [0.3, 0.4) is 0 Å². The highest BCUT2D eigenvalue weighted by Crippen LogP contribution is 2.22. The van der Waals surface area contributed by atoms with Crippen LogP contribution in [0.5, 0.6) is 11.5 Å². The van der Waals surface area contributed by atoms with E-state index >= 15 is 0 Å². The second-order valence-electron chi connectivity index (χ2n) is 7.52. The molecule has 0 spiro atoms. The predicted molar refractivity (Wildman–Crippen MR) is 108 cm³/mol. The van der Waals surface area contributed by atoms with Crippen LogP contribution in [0.25, 0.3) is 0 Å². The number of likely N-dealkylation sites (tertiary alicyclic amines) is 1. The van der Waals surface area contributed by atoms with Gasteiger partial charge in [-0.2, -0.15) is 0 Å². The Kier molecular flexibility index (Phi) is 7.23. The fourth-order valence-electron chi connectivity index (χ4n) is 3.35. The molecule has 1 aliphatic heterocycles. The van der Waals surface area contributed by atoms with E-state index in [1.807, 2.05) is 4.90 Å². The van der Waals surface area contributed by atoms with Gasteiger partial charge in [0.05, 0.1) is 5.56 Å². The number of β-amino-alcohol motifs (C(OH)–C–C–N with tert-alkyl or cyclic N) is 1. The maximum atomic E-state index is 13.3. The van der Waals surface area contributed by atoms with Gasteiger partial charge in [-0.15, -0.1) is 0 Å². The summed E-state index contributed by atoms with van der Waals surface area (Å²) in [4.78, 5) is 15.7. The Bertz CT molecular complexity index is 878. The first-order chi connectivity index (χ1) is 14.3. The number of rotatable bonds is 8. The summed E-state index contributed by atoms with van der Waals surface area (Å²) in [5, 5.41) is 10.4. The van der Waals surface area contributed by atoms with Gasteiger partial charge in [0.1, 0.15) is 30.3 Å². The van der Waals surface area contributed by atoms with Gasteiger partial charge < -0.3 is 19.5 Å². The number of aliphatic hydroxyl groups excluding tert-OH is 1. The van der Waals surface area contributed by atoms with E-state index in [-0.39, 0.29) is 24.4 Å². The lowest BCUT2D eigenvalue weighted by molar-refractivity contribution is 0.0696. The molecule has 1 N–H and O–H groups in total. The topological polar surface area (TPSA) is 62.2 Å². The quantitative estimate of drug-likeness (QED) is 0.711. The standard InChI is InChI=1S/C22H26F2N2O4/c1-25(2)22(28)18-5-3-4-6-21(18)29-14-15(27)12-26-10-9-17(13-26)30-16-7-8-19(23)20(24)11-16/h3-8,11,15,17,27H,9-10,12-14H2,1-2H3. The molecule has 1 amide bonds. The summed E-state index contributed by atoms with van der Waals surface area (Å²) in [6.07, 6.45) is -0.205. The van der Waals surface area contributed by atoms with Crippen LogP contribution >= 0.6 is 0 Å². The van der Waals surface area contributed by atoms with Crippen LogP contribution in [-0.2, 0) is 0 Å². The molecule has 1 heterocycles. The van der Waals surface area contributed by atoms with Gasteiger partial charge in [-0.05, 0) is 30.7 Å². The smallest absolute Gasteiger partial charge is 0.257 e. The Balaban J connectivity index is 1.48. The van der Waals surface area contributed by atoms with Crippen molar-refractivity contribution in [1.29, 1.82) is 0 Å². The lowest BCUT2D eigenvalue weighted by Crippen LogP contribution is -2.35. The van der Waals surface area contributed by atoms with Crippen LogP contribution in [0, 0.1) is 11.6 Å². The Morgan fingerprint density at radius 3 is 2.73 bits per heavy atom. The first kappa shape index (κ1) is 22.0. The molecule has 0 aromatic heterocycles. The first-order valence-corrected chi connectivity index (χ1v) is 9.79. The van der Waals surface area contributed by atoms with E-state index in [0.29, 0.717) is 37.4 Å². The van der Waals surface area contributed by atoms with E-state index in [4.69, 9.17) is 9.47 Å². The van der Waals surface area contributed by atoms with Gasteiger partial charge in [-0.1, -0.05) is 12.1 Å². The minimum absolute atomic E-state index is 0.0446. The molecule has 0 saturated carbocycles. The number of ether oxygens (including phenoxy) is 2. The molecule has 2 unspecified atom stereocenters. The molecule has 1 fully saturated rings. The molecular formula is C22H26F2N2O4. The molecule has 2 atom stereocenters. The highest BCUT2D eigenvalue weighted by molar-refractivity contribution is 5.96. The number of hydrogen-bond acceptors (Lipinski definition) is 5. The summed E-state index contributed by atoms with van der Waals surface area (Å²) in [5.74, 6) is -1.31. The number of halogens is 2. The Morgan fingerprint density at radius 2 is 2.00 bits per heavy atom. The van der Waals surface area contributed by atoms with Crippen LogP contribution < -0.4 is 9.47 Å². The van der Waals surface area contributed by atoms with Crippen LogP contribution in [0.1, 0.15) is 16.8 Å². The minimum Gasteiger partial charge on any atom is -0.490 e. The molecule has 8 heteroatoms. The Labute approximate surface area is 174 Å². The fourth-order valence-corrected chi connectivity index (χ4v) is 3.35. The number of carbonyl (C=O) groups is 1. The minimum atomic E-state index is -0.942. The van der Waals surface area contributed by atoms with E-state index in [1.165, 1.54) is 11.0 Å². The number of nitrogens with zero attached hydrogens (tertiary/aromatic N) is 2. The second-order valence-corrected chi connectivity index (χ2v) is 7.52. The zero-order valence-electron chi connectivity index (χ0n) is 17.1. The Morgan fingerprint density at radius 1 is 1.23 bits per heavy atom. The van der Waals surface area contributed by atoms with Crippen LogP contribution in [0.15, 0.2) is 42.5 Å². The molecule has 30 heavy (non-hydrogen) atoms. The second kappa shape index (κ2) is 9.86. The zero-order valence-corrected chi connectivity index (χ0v) is 17.1. The first-order valence-electron chi connectivity index (χ1n) is 9.79. The summed E-state index contributed by atoms with van der Waals surface area (Å²) < 4.78 is 37.7. The predicted octanol–water partition coefficient (Wildman–Crippen LogP) is 2.56. The highest BCUT2D eigenvalue weighted by atomic mass is 19.2. The highest BCUT2D eigenvalue weighted by Gasteiger charge is 2.26. The summed E-state index contributed by atoms with van der Waals surface area (Å²) in [6, 6.07) is 10.4. The maximum absolute atomic E-state index is 13.3. The lowest BCUT2D eigenvalue weighted by atomic mass is 10.2. The summed E-state index contributed by atoms with van der Waals surface area (Å²) in [5.41, 5.74) is 0.441. The third-order valence-corrected chi connectivity index (χ3v) is 4.85. The number of benzene rings is 2. The van der Waals surface area contributed by atoms with Crippen molar-refractivity contribution in [2.24, 2.45) is 0 Å². The van der Waals surface area contributed by atoms with Crippen molar-refractivity contribution in [3.8, 4) is 11.5 Å². The van der Waals surface area contributed by atoms with E-state index in [9.17, 15) is 18.7 Å². The van der Waals surface area contributed by atoms with Crippen molar-refractivity contribution in [3.63, 3.8) is 0 Å². The van der Waals surface area contributed by atoms with Crippen LogP contribution in [0.2, 0.25) is 0 Å². The van der Waals surface area contributed by atoms with Crippen LogP contribution in [-0.4, -0.2) is 73.4 Å². The molecule has 3 rings (SSSR count). The number of hydrogen-bond donors (Lipinski definition) is 1. The van der Waals surface area contributed by atoms with Crippen molar-refractivity contribution >= 4 is 5.91 Å². The third-order valence-electron chi connectivity index (χ3n) is 4.85. The molecule has 6 nitrogen and oxygen atoms in total. The van der Waals surface area contributed by atoms with E-state index in [0.717, 1.165) is 12.1 Å². The molecule has 0 radical (unpaired) electrons. The van der Waals surface area contributed by atoms with Gasteiger partial charge in [-0.3, -0.25) is 9.69 Å². The lowest BCUT2D eigenvalue weighted by Gasteiger charge is -2.21. The van der Waals surface area contributed by atoms with Crippen LogP contribution in [0.4, 0.5) is 8.78 Å². The monoisotopic (exact) mass is 420 g/mol. The normalized spacial score (nSPS) is 17.6. The van der Waals surface area contributed by atoms with E-state index < -0.39 is 17.7 Å². The van der Waals surface area contributed by atoms with Crippen molar-refractivity contribution in [2.75, 3.05) is 40.3 Å². The average molecular weight is 420 g/mol. The van der Waals surface area contributed by atoms with Crippen molar-refractivity contribution in [1.82, 2.24) is 9.80 Å². The van der Waals surface area contributed by atoms with Crippen molar-refractivity contribution in [2.45, 2.75) is 18.6 Å². The molecule has 162 valence electrons. The Hall–Kier alpha value is -2.71. The largest absolute Gasteiger partial charge is 0.490 e. The summed E-state index contributed by atoms with van der Waals surface area (Å²) in [7, 11) is 3.33. The van der Waals surface area contributed by atoms with Gasteiger partial charge in [0.2, 0.25) is 0 Å². The molecule has 1 aliphatic rings. The average Bonchev–Trinajstić information content (AvgIpc) is 3.15. The number of carbonyl (C=O) groups excluding carboxylic acids is 1. The molecular weight excluding hydrogens is 394 g/mol. The van der Waals surface area contributed by atoms with E-state index in [2.05, 4.69) is 0 Å². The van der Waals surface area contributed by atoms with Gasteiger partial charge >= 0.3 is 0 Å². The summed E-state index contributed by atoms with van der Waals surface area (Å²) in [6.45, 7) is 1.69. The molecule has 0 bridgehead atoms. The van der Waals surface area contributed by atoms with E-state index in [1.54, 1.807) is 38.4 Å². The van der Waals surface area contributed by atoms with Crippen molar-refractivity contribution in [3.05, 3.63) is 59.7 Å². The van der Waals surface area contributed by atoms with Gasteiger partial charge in [0, 0.05) is 39.8 Å². The molecule has 0 aliphatic carbocycles. The zero-order chi connectivity index (χ0) is 21.7. The van der Waals surface area contributed by atoms with Crippen molar-refractivity contribution < 1.29 is 28.2 Å². The van der Waals surface area contributed by atoms with Gasteiger partial charge in [0.25, 0.3) is 5.91 Å². The SMILES string of the molecule is CN(C)C(=O)c1ccccc1OCC(O)CN1CCC(Oc2ccc(F)c(F)c2)C1.